The van der Waals surface area contributed by atoms with Crippen LogP contribution in [0.1, 0.15) is 0 Å². The van der Waals surface area contributed by atoms with E-state index in [1.165, 1.54) is 7.05 Å². The van der Waals surface area contributed by atoms with E-state index in [4.69, 9.17) is 0 Å². The molecule has 0 unspecified atom stereocenters. The van der Waals surface area contributed by atoms with Gasteiger partial charge in [0.15, 0.2) is 0 Å². The number of sulfonamides is 1. The van der Waals surface area contributed by atoms with Gasteiger partial charge in [-0.25, -0.2) is 13.1 Å². The van der Waals surface area contributed by atoms with E-state index in [2.05, 4.69) is 10.8 Å². The van der Waals surface area contributed by atoms with Crippen molar-refractivity contribution in [3.8, 4) is 11.1 Å². The molecule has 0 aromatic heterocycles. The van der Waals surface area contributed by atoms with Gasteiger partial charge >= 0.3 is 0 Å². The van der Waals surface area contributed by atoms with E-state index in [1.807, 2.05) is 30.3 Å². The van der Waals surface area contributed by atoms with Gasteiger partial charge in [-0.05, 0) is 12.6 Å². The molecule has 17 heavy (non-hydrogen) atoms. The van der Waals surface area contributed by atoms with Crippen LogP contribution in [0.15, 0.2) is 53.4 Å². The number of benzene rings is 2. The van der Waals surface area contributed by atoms with Gasteiger partial charge in [0.05, 0.1) is 4.90 Å². The van der Waals surface area contributed by atoms with Crippen LogP contribution in [0, 0.1) is 6.07 Å². The van der Waals surface area contributed by atoms with Crippen molar-refractivity contribution in [1.29, 1.82) is 0 Å². The fourth-order valence-electron chi connectivity index (χ4n) is 1.59. The van der Waals surface area contributed by atoms with Gasteiger partial charge in [-0.3, -0.25) is 0 Å². The van der Waals surface area contributed by atoms with Gasteiger partial charge < -0.3 is 0 Å². The van der Waals surface area contributed by atoms with Crippen molar-refractivity contribution in [1.82, 2.24) is 4.72 Å². The Balaban J connectivity index is 2.65. The van der Waals surface area contributed by atoms with Gasteiger partial charge in [-0.2, -0.15) is 0 Å². The number of hydrogen-bond donors (Lipinski definition) is 1. The van der Waals surface area contributed by atoms with Crippen LogP contribution in [0.3, 0.4) is 0 Å². The summed E-state index contributed by atoms with van der Waals surface area (Å²) in [4.78, 5) is 0.175. The predicted molar refractivity (Wildman–Crippen MR) is 67.0 cm³/mol. The first-order chi connectivity index (χ1) is 8.15. The summed E-state index contributed by atoms with van der Waals surface area (Å²) in [5.41, 5.74) is 1.51. The van der Waals surface area contributed by atoms with Crippen LogP contribution in [0.4, 0.5) is 0 Å². The molecule has 0 atom stereocenters. The minimum Gasteiger partial charge on any atom is -0.214 e. The third-order valence-corrected chi connectivity index (χ3v) is 3.85. The van der Waals surface area contributed by atoms with Crippen molar-refractivity contribution >= 4 is 10.0 Å². The van der Waals surface area contributed by atoms with E-state index >= 15 is 0 Å². The lowest BCUT2D eigenvalue weighted by atomic mass is 10.1. The average Bonchev–Trinajstić information content (AvgIpc) is 2.40. The van der Waals surface area contributed by atoms with Crippen LogP contribution in [-0.4, -0.2) is 15.5 Å². The molecule has 1 radical (unpaired) electrons. The Bertz CT molecular complexity index is 606. The molecule has 1 N–H and O–H groups in total. The molecule has 0 spiro atoms. The van der Waals surface area contributed by atoms with Crippen molar-refractivity contribution in [3.05, 3.63) is 54.6 Å². The first kappa shape index (κ1) is 11.8. The zero-order valence-electron chi connectivity index (χ0n) is 9.34. The lowest BCUT2D eigenvalue weighted by Gasteiger charge is -2.08. The van der Waals surface area contributed by atoms with Gasteiger partial charge in [-0.15, -0.1) is 0 Å². The lowest BCUT2D eigenvalue weighted by molar-refractivity contribution is 0.588. The molecular formula is C13H12NO2S. The summed E-state index contributed by atoms with van der Waals surface area (Å²) in [5.74, 6) is 0. The van der Waals surface area contributed by atoms with Gasteiger partial charge in [0.2, 0.25) is 10.0 Å². The molecule has 2 aromatic rings. The van der Waals surface area contributed by atoms with E-state index in [0.29, 0.717) is 5.56 Å². The van der Waals surface area contributed by atoms with Gasteiger partial charge in [-0.1, -0.05) is 48.5 Å². The second-order valence-electron chi connectivity index (χ2n) is 3.49. The third kappa shape index (κ3) is 2.38. The number of hydrogen-bond acceptors (Lipinski definition) is 2. The molecular weight excluding hydrogens is 234 g/mol. The highest BCUT2D eigenvalue weighted by Gasteiger charge is 2.16. The maximum absolute atomic E-state index is 11.9. The maximum Gasteiger partial charge on any atom is 0.241 e. The standard InChI is InChI=1S/C13H12NO2S/c1-14-17(15,16)13-10-6-5-9-12(13)11-7-3-2-4-8-11/h2-9,14H,1H3. The Kier molecular flexibility index (Phi) is 3.26. The first-order valence-corrected chi connectivity index (χ1v) is 6.63. The highest BCUT2D eigenvalue weighted by Crippen LogP contribution is 2.26. The molecule has 2 rings (SSSR count). The largest absolute Gasteiger partial charge is 0.241 e. The molecule has 0 bridgehead atoms. The van der Waals surface area contributed by atoms with Crippen LogP contribution in [-0.2, 0) is 10.0 Å². The van der Waals surface area contributed by atoms with Crippen LogP contribution >= 0.6 is 0 Å². The number of nitrogens with one attached hydrogen (secondary N) is 1. The molecule has 2 aromatic carbocycles. The summed E-state index contributed by atoms with van der Waals surface area (Å²) in [6.07, 6.45) is 0. The molecule has 0 saturated heterocycles. The van der Waals surface area contributed by atoms with Crippen molar-refractivity contribution in [2.75, 3.05) is 7.05 Å². The Morgan fingerprint density at radius 1 is 1.06 bits per heavy atom. The Labute approximate surface area is 101 Å². The quantitative estimate of drug-likeness (QED) is 0.901. The minimum atomic E-state index is -3.48. The summed E-state index contributed by atoms with van der Waals surface area (Å²) in [6.45, 7) is 0. The fraction of sp³-hybridized carbons (Fsp3) is 0.0769. The van der Waals surface area contributed by atoms with Crippen molar-refractivity contribution in [3.63, 3.8) is 0 Å². The van der Waals surface area contributed by atoms with Crippen molar-refractivity contribution in [2.24, 2.45) is 0 Å². The molecule has 3 nitrogen and oxygen atoms in total. The molecule has 0 amide bonds. The zero-order chi connectivity index (χ0) is 12.3. The van der Waals surface area contributed by atoms with Gasteiger partial charge in [0.25, 0.3) is 0 Å². The van der Waals surface area contributed by atoms with E-state index in [9.17, 15) is 8.42 Å². The molecule has 0 aliphatic heterocycles. The Morgan fingerprint density at radius 2 is 1.76 bits per heavy atom. The molecule has 4 heteroatoms. The third-order valence-electron chi connectivity index (χ3n) is 2.44. The average molecular weight is 246 g/mol. The Morgan fingerprint density at radius 3 is 2.41 bits per heavy atom. The predicted octanol–water partition coefficient (Wildman–Crippen LogP) is 2.06. The zero-order valence-corrected chi connectivity index (χ0v) is 10.2. The summed E-state index contributed by atoms with van der Waals surface area (Å²) in [7, 11) is -2.09. The molecule has 87 valence electrons. The SMILES string of the molecule is CNS(=O)(=O)c1[c]cccc1-c1ccccc1. The lowest BCUT2D eigenvalue weighted by Crippen LogP contribution is -2.19. The summed E-state index contributed by atoms with van der Waals surface area (Å²) < 4.78 is 26.0. The molecule has 0 fully saturated rings. The smallest absolute Gasteiger partial charge is 0.214 e. The van der Waals surface area contributed by atoms with Crippen molar-refractivity contribution in [2.45, 2.75) is 4.90 Å². The van der Waals surface area contributed by atoms with E-state index in [0.717, 1.165) is 5.56 Å². The minimum absolute atomic E-state index is 0.175. The summed E-state index contributed by atoms with van der Waals surface area (Å²) in [6, 6.07) is 17.3. The second kappa shape index (κ2) is 4.69. The van der Waals surface area contributed by atoms with Crippen LogP contribution in [0.25, 0.3) is 11.1 Å². The normalized spacial score (nSPS) is 11.4. The highest BCUT2D eigenvalue weighted by atomic mass is 32.2. The summed E-state index contributed by atoms with van der Waals surface area (Å²) >= 11 is 0. The molecule has 0 saturated carbocycles. The van der Waals surface area contributed by atoms with Gasteiger partial charge in [0, 0.05) is 11.6 Å². The van der Waals surface area contributed by atoms with E-state index in [1.54, 1.807) is 18.2 Å². The highest BCUT2D eigenvalue weighted by molar-refractivity contribution is 7.89. The number of rotatable bonds is 3. The van der Waals surface area contributed by atoms with Crippen LogP contribution in [0.5, 0.6) is 0 Å². The topological polar surface area (TPSA) is 46.2 Å². The second-order valence-corrected chi connectivity index (χ2v) is 5.31. The molecule has 0 heterocycles. The van der Waals surface area contributed by atoms with Crippen molar-refractivity contribution < 1.29 is 8.42 Å². The first-order valence-electron chi connectivity index (χ1n) is 5.15. The Hall–Kier alpha value is -1.65. The fourth-order valence-corrected chi connectivity index (χ4v) is 2.49. The monoisotopic (exact) mass is 246 g/mol. The van der Waals surface area contributed by atoms with E-state index in [-0.39, 0.29) is 4.90 Å². The molecule has 0 aliphatic rings. The van der Waals surface area contributed by atoms with Crippen LogP contribution in [0.2, 0.25) is 0 Å². The maximum atomic E-state index is 11.9. The van der Waals surface area contributed by atoms with Crippen LogP contribution < -0.4 is 4.72 Å². The summed E-state index contributed by atoms with van der Waals surface area (Å²) in [5, 5.41) is 0. The van der Waals surface area contributed by atoms with E-state index < -0.39 is 10.0 Å². The van der Waals surface area contributed by atoms with Gasteiger partial charge in [0.1, 0.15) is 0 Å². The molecule has 0 aliphatic carbocycles.